The maximum absolute atomic E-state index is 3.89. The molecule has 0 atom stereocenters. The maximum Gasteiger partial charge on any atom is -0.0140 e. The third kappa shape index (κ3) is 34.3. The summed E-state index contributed by atoms with van der Waals surface area (Å²) in [6, 6.07) is 0. The highest BCUT2D eigenvalue weighted by molar-refractivity contribution is 4.50. The van der Waals surface area contributed by atoms with E-state index in [1.165, 1.54) is 103 Å². The zero-order valence-corrected chi connectivity index (χ0v) is 17.2. The zero-order valence-electron chi connectivity index (χ0n) is 17.2. The van der Waals surface area contributed by atoms with E-state index in [-0.39, 0.29) is 0 Å². The maximum atomic E-state index is 3.89. The van der Waals surface area contributed by atoms with Gasteiger partial charge in [-0.2, -0.15) is 0 Å². The van der Waals surface area contributed by atoms with Crippen LogP contribution >= 0.6 is 0 Å². The Balaban J connectivity index is 0. The van der Waals surface area contributed by atoms with Gasteiger partial charge in [0, 0.05) is 0 Å². The van der Waals surface area contributed by atoms with E-state index in [0.29, 0.717) is 0 Å². The van der Waals surface area contributed by atoms with Crippen molar-refractivity contribution in [2.24, 2.45) is 0 Å². The highest BCUT2D eigenvalue weighted by Crippen LogP contribution is 2.13. The van der Waals surface area contributed by atoms with Crippen LogP contribution in [-0.2, 0) is 0 Å². The SMILES string of the molecule is CN(C)C.[CH2]CCCCCCCCCCCCCCCCCC. The lowest BCUT2D eigenvalue weighted by molar-refractivity contribution is 0.505. The second-order valence-electron chi connectivity index (χ2n) is 7.50. The number of unbranched alkanes of at least 4 members (excludes halogenated alkanes) is 16. The van der Waals surface area contributed by atoms with Gasteiger partial charge in [0.2, 0.25) is 0 Å². The molecule has 141 valence electrons. The fourth-order valence-corrected chi connectivity index (χ4v) is 2.72. The average molecular weight is 327 g/mol. The fourth-order valence-electron chi connectivity index (χ4n) is 2.72. The van der Waals surface area contributed by atoms with Crippen LogP contribution in [0, 0.1) is 6.92 Å². The lowest BCUT2D eigenvalue weighted by Crippen LogP contribution is -1.99. The molecule has 0 aliphatic heterocycles. The number of nitrogens with zero attached hydrogens (tertiary/aromatic N) is 1. The second kappa shape index (κ2) is 24.2. The van der Waals surface area contributed by atoms with Gasteiger partial charge in [0.25, 0.3) is 0 Å². The molecule has 0 aromatic rings. The molecule has 0 unspecified atom stereocenters. The van der Waals surface area contributed by atoms with Gasteiger partial charge in [-0.25, -0.2) is 0 Å². The Kier molecular flexibility index (Phi) is 26.5. The van der Waals surface area contributed by atoms with Gasteiger partial charge >= 0.3 is 0 Å². The van der Waals surface area contributed by atoms with Gasteiger partial charge in [-0.05, 0) is 21.1 Å². The van der Waals surface area contributed by atoms with Crippen molar-refractivity contribution in [3.05, 3.63) is 6.92 Å². The summed E-state index contributed by atoms with van der Waals surface area (Å²) in [5.74, 6) is 0. The fraction of sp³-hybridized carbons (Fsp3) is 0.955. The predicted octanol–water partition coefficient (Wildman–Crippen LogP) is 7.65. The number of rotatable bonds is 16. The second-order valence-corrected chi connectivity index (χ2v) is 7.50. The molecule has 23 heavy (non-hydrogen) atoms. The lowest BCUT2D eigenvalue weighted by Gasteiger charge is -2.03. The van der Waals surface area contributed by atoms with E-state index in [9.17, 15) is 0 Å². The van der Waals surface area contributed by atoms with Gasteiger partial charge in [0.05, 0.1) is 0 Å². The molecular formula is C22H48N. The summed E-state index contributed by atoms with van der Waals surface area (Å²) >= 11 is 0. The van der Waals surface area contributed by atoms with Crippen LogP contribution in [0.2, 0.25) is 0 Å². The molecular weight excluding hydrogens is 278 g/mol. The minimum absolute atomic E-state index is 1.12. The Labute approximate surface area is 149 Å². The van der Waals surface area contributed by atoms with Crippen LogP contribution in [0.3, 0.4) is 0 Å². The highest BCUT2D eigenvalue weighted by atomic mass is 15.0. The Hall–Kier alpha value is -0.0400. The number of hydrogen-bond acceptors (Lipinski definition) is 1. The number of hydrogen-bond donors (Lipinski definition) is 0. The molecule has 1 nitrogen and oxygen atoms in total. The van der Waals surface area contributed by atoms with Crippen molar-refractivity contribution in [2.75, 3.05) is 21.1 Å². The quantitative estimate of drug-likeness (QED) is 0.263. The Morgan fingerprint density at radius 2 is 0.696 bits per heavy atom. The van der Waals surface area contributed by atoms with Crippen LogP contribution in [0.25, 0.3) is 0 Å². The van der Waals surface area contributed by atoms with E-state index in [2.05, 4.69) is 13.8 Å². The third-order valence-corrected chi connectivity index (χ3v) is 4.10. The molecule has 0 aliphatic carbocycles. The average Bonchev–Trinajstić information content (AvgIpc) is 2.50. The molecule has 1 radical (unpaired) electrons. The third-order valence-electron chi connectivity index (χ3n) is 4.10. The Morgan fingerprint density at radius 3 is 0.913 bits per heavy atom. The van der Waals surface area contributed by atoms with Gasteiger partial charge in [-0.3, -0.25) is 0 Å². The first kappa shape index (κ1) is 25.2. The van der Waals surface area contributed by atoms with Crippen molar-refractivity contribution in [3.63, 3.8) is 0 Å². The molecule has 0 heterocycles. The van der Waals surface area contributed by atoms with Crippen molar-refractivity contribution >= 4 is 0 Å². The van der Waals surface area contributed by atoms with E-state index < -0.39 is 0 Å². The summed E-state index contributed by atoms with van der Waals surface area (Å²) in [5, 5.41) is 0. The minimum atomic E-state index is 1.12. The van der Waals surface area contributed by atoms with E-state index in [0.717, 1.165) is 6.42 Å². The van der Waals surface area contributed by atoms with Crippen molar-refractivity contribution in [3.8, 4) is 0 Å². The smallest absolute Gasteiger partial charge is 0.0140 e. The summed E-state index contributed by atoms with van der Waals surface area (Å²) in [5.41, 5.74) is 0. The molecule has 0 N–H and O–H groups in total. The van der Waals surface area contributed by atoms with Crippen molar-refractivity contribution in [1.82, 2.24) is 4.90 Å². The van der Waals surface area contributed by atoms with Crippen LogP contribution in [0.5, 0.6) is 0 Å². The van der Waals surface area contributed by atoms with Crippen molar-refractivity contribution in [2.45, 2.75) is 116 Å². The van der Waals surface area contributed by atoms with Crippen LogP contribution in [0.15, 0.2) is 0 Å². The van der Waals surface area contributed by atoms with Crippen molar-refractivity contribution < 1.29 is 0 Å². The van der Waals surface area contributed by atoms with Gasteiger partial charge in [-0.1, -0.05) is 123 Å². The summed E-state index contributed by atoms with van der Waals surface area (Å²) in [6.45, 7) is 6.18. The molecule has 0 saturated carbocycles. The molecule has 0 saturated heterocycles. The summed E-state index contributed by atoms with van der Waals surface area (Å²) in [4.78, 5) is 2.00. The van der Waals surface area contributed by atoms with Gasteiger partial charge in [-0.15, -0.1) is 0 Å². The molecule has 0 bridgehead atoms. The molecule has 1 heteroatoms. The minimum Gasteiger partial charge on any atom is -0.312 e. The lowest BCUT2D eigenvalue weighted by atomic mass is 10.0. The molecule has 0 rings (SSSR count). The van der Waals surface area contributed by atoms with E-state index in [4.69, 9.17) is 0 Å². The predicted molar refractivity (Wildman–Crippen MR) is 109 cm³/mol. The van der Waals surface area contributed by atoms with Crippen molar-refractivity contribution in [1.29, 1.82) is 0 Å². The van der Waals surface area contributed by atoms with Gasteiger partial charge in [0.15, 0.2) is 0 Å². The van der Waals surface area contributed by atoms with Crippen LogP contribution in [0.4, 0.5) is 0 Å². The standard InChI is InChI=1S/C19H39.C3H9N/c1-3-5-7-9-11-13-15-17-19-18-16-14-12-10-8-6-4-2;1-4(2)3/h1,3-19H2,2H3;1-3H3. The van der Waals surface area contributed by atoms with Crippen LogP contribution < -0.4 is 0 Å². The summed E-state index contributed by atoms with van der Waals surface area (Å²) in [6.07, 6.45) is 24.3. The van der Waals surface area contributed by atoms with E-state index >= 15 is 0 Å². The van der Waals surface area contributed by atoms with E-state index in [1.807, 2.05) is 26.0 Å². The van der Waals surface area contributed by atoms with Crippen LogP contribution in [-0.4, -0.2) is 26.0 Å². The molecule has 0 amide bonds. The van der Waals surface area contributed by atoms with Gasteiger partial charge < -0.3 is 4.90 Å². The summed E-state index contributed by atoms with van der Waals surface area (Å²) < 4.78 is 0. The van der Waals surface area contributed by atoms with Gasteiger partial charge in [0.1, 0.15) is 0 Å². The largest absolute Gasteiger partial charge is 0.312 e. The monoisotopic (exact) mass is 326 g/mol. The topological polar surface area (TPSA) is 3.24 Å². The Bertz CT molecular complexity index is 158. The van der Waals surface area contributed by atoms with Crippen LogP contribution in [0.1, 0.15) is 116 Å². The first-order valence-corrected chi connectivity index (χ1v) is 10.5. The summed E-state index contributed by atoms with van der Waals surface area (Å²) in [7, 11) is 6.00. The molecule has 0 fully saturated rings. The highest BCUT2D eigenvalue weighted by Gasteiger charge is 1.94. The molecule has 0 aromatic heterocycles. The molecule has 0 spiro atoms. The normalized spacial score (nSPS) is 10.7. The van der Waals surface area contributed by atoms with E-state index in [1.54, 1.807) is 0 Å². The first-order chi connectivity index (χ1) is 11.1. The molecule has 0 aromatic carbocycles. The Morgan fingerprint density at radius 1 is 0.478 bits per heavy atom. The molecule has 0 aliphatic rings. The first-order valence-electron chi connectivity index (χ1n) is 10.5. The zero-order chi connectivity index (χ0) is 17.6.